The number of likely N-dealkylation sites (tertiary alicyclic amines) is 1. The second-order valence-electron chi connectivity index (χ2n) is 9.27. The number of fused-ring (bicyclic) bond motifs is 2. The lowest BCUT2D eigenvalue weighted by atomic mass is 9.74. The Hall–Kier alpha value is -2.68. The molecule has 34 heavy (non-hydrogen) atoms. The number of nitrogens with zero attached hydrogens (tertiary/aromatic N) is 2. The maximum absolute atomic E-state index is 14.1. The fourth-order valence-electron chi connectivity index (χ4n) is 5.87. The van der Waals surface area contributed by atoms with Crippen LogP contribution in [-0.2, 0) is 23.9 Å². The molecule has 2 fully saturated rings. The topological polar surface area (TPSA) is 96.4 Å². The predicted octanol–water partition coefficient (Wildman–Crippen LogP) is 2.10. The zero-order chi connectivity index (χ0) is 24.1. The van der Waals surface area contributed by atoms with E-state index in [-0.39, 0.29) is 32.2 Å². The number of β-amino-alcohol motifs (C(OH)–C–C–N with tert-alkyl or cyclic N) is 1. The molecule has 0 saturated carbocycles. The molecule has 2 amide bonds. The number of carbonyl (C=O) groups is 3. The molecule has 5 rings (SSSR count). The summed E-state index contributed by atoms with van der Waals surface area (Å²) in [7, 11) is 0. The second kappa shape index (κ2) is 8.52. The highest BCUT2D eigenvalue weighted by molar-refractivity contribution is 6.34. The van der Waals surface area contributed by atoms with Gasteiger partial charge in [-0.1, -0.05) is 48.0 Å². The smallest absolute Gasteiger partial charge is 0.313 e. The van der Waals surface area contributed by atoms with Crippen molar-refractivity contribution in [1.82, 2.24) is 4.90 Å². The molecule has 4 aliphatic heterocycles. The van der Waals surface area contributed by atoms with Crippen LogP contribution in [0.4, 0.5) is 5.69 Å². The van der Waals surface area contributed by atoms with Crippen molar-refractivity contribution >= 4 is 35.1 Å². The molecule has 4 heterocycles. The van der Waals surface area contributed by atoms with Crippen molar-refractivity contribution in [3.05, 3.63) is 53.6 Å². The van der Waals surface area contributed by atoms with Crippen molar-refractivity contribution < 1.29 is 29.0 Å². The maximum Gasteiger partial charge on any atom is 0.313 e. The summed E-state index contributed by atoms with van der Waals surface area (Å²) in [6, 6.07) is 5.93. The van der Waals surface area contributed by atoms with E-state index in [0.717, 1.165) is 0 Å². The van der Waals surface area contributed by atoms with Crippen LogP contribution in [0.1, 0.15) is 19.8 Å². The predicted molar refractivity (Wildman–Crippen MR) is 124 cm³/mol. The summed E-state index contributed by atoms with van der Waals surface area (Å²) in [6.07, 6.45) is 8.69. The van der Waals surface area contributed by atoms with Crippen LogP contribution >= 0.6 is 11.6 Å². The molecule has 0 aliphatic carbocycles. The number of anilines is 1. The van der Waals surface area contributed by atoms with Crippen LogP contribution in [0.3, 0.4) is 0 Å². The minimum Gasteiger partial charge on any atom is -0.465 e. The fourth-order valence-corrected chi connectivity index (χ4v) is 6.11. The number of para-hydroxylation sites is 1. The molecule has 1 unspecified atom stereocenters. The van der Waals surface area contributed by atoms with Crippen LogP contribution in [0, 0.1) is 11.8 Å². The third-order valence-corrected chi connectivity index (χ3v) is 7.55. The average molecular weight is 487 g/mol. The monoisotopic (exact) mass is 486 g/mol. The lowest BCUT2D eigenvalue weighted by Gasteiger charge is -2.37. The zero-order valence-corrected chi connectivity index (χ0v) is 19.6. The van der Waals surface area contributed by atoms with Gasteiger partial charge in [-0.15, -0.1) is 0 Å². The number of esters is 1. The van der Waals surface area contributed by atoms with Crippen molar-refractivity contribution in [2.24, 2.45) is 11.8 Å². The summed E-state index contributed by atoms with van der Waals surface area (Å²) in [6.45, 7) is 1.85. The van der Waals surface area contributed by atoms with E-state index in [2.05, 4.69) is 0 Å². The van der Waals surface area contributed by atoms with E-state index in [4.69, 9.17) is 21.1 Å². The number of amides is 2. The Morgan fingerprint density at radius 2 is 1.91 bits per heavy atom. The minimum atomic E-state index is -1.39. The molecule has 180 valence electrons. The van der Waals surface area contributed by atoms with Gasteiger partial charge in [-0.25, -0.2) is 0 Å². The molecule has 9 heteroatoms. The fraction of sp³-hybridized carbons (Fsp3) is 0.480. The third-order valence-electron chi connectivity index (χ3n) is 7.23. The van der Waals surface area contributed by atoms with Gasteiger partial charge in [0.25, 0.3) is 5.91 Å². The lowest BCUT2D eigenvalue weighted by Crippen LogP contribution is -2.56. The highest BCUT2D eigenvalue weighted by atomic mass is 35.5. The highest BCUT2D eigenvalue weighted by Gasteiger charge is 2.74. The van der Waals surface area contributed by atoms with Gasteiger partial charge in [0.05, 0.1) is 35.4 Å². The SMILES string of the molecule is C[C@]12/C=C\CCCOC(=O)[C@H]1[C@H]1C(=O)N(CCO)C3C(=O)N(c4ccccc4Cl)CC=C[C@@]31O2. The van der Waals surface area contributed by atoms with Gasteiger partial charge in [0.15, 0.2) is 0 Å². The highest BCUT2D eigenvalue weighted by Crippen LogP contribution is 2.57. The van der Waals surface area contributed by atoms with Gasteiger partial charge in [0.1, 0.15) is 17.6 Å². The molecule has 1 spiro atoms. The Morgan fingerprint density at radius 3 is 2.68 bits per heavy atom. The van der Waals surface area contributed by atoms with Crippen molar-refractivity contribution in [2.45, 2.75) is 37.0 Å². The van der Waals surface area contributed by atoms with Crippen LogP contribution in [0.15, 0.2) is 48.6 Å². The number of ether oxygens (including phenoxy) is 2. The number of allylic oxidation sites excluding steroid dienone is 1. The quantitative estimate of drug-likeness (QED) is 0.519. The molecule has 1 aromatic rings. The van der Waals surface area contributed by atoms with E-state index in [0.29, 0.717) is 23.6 Å². The van der Waals surface area contributed by atoms with E-state index in [9.17, 15) is 19.5 Å². The largest absolute Gasteiger partial charge is 0.465 e. The Morgan fingerprint density at radius 1 is 1.12 bits per heavy atom. The molecule has 0 bridgehead atoms. The number of hydrogen-bond acceptors (Lipinski definition) is 6. The summed E-state index contributed by atoms with van der Waals surface area (Å²) in [5.74, 6) is -3.19. The minimum absolute atomic E-state index is 0.0601. The summed E-state index contributed by atoms with van der Waals surface area (Å²) < 4.78 is 12.2. The number of aliphatic hydroxyl groups is 1. The van der Waals surface area contributed by atoms with E-state index < -0.39 is 41.0 Å². The first-order chi connectivity index (χ1) is 16.3. The van der Waals surface area contributed by atoms with Gasteiger partial charge in [-0.2, -0.15) is 0 Å². The third kappa shape index (κ3) is 3.31. The maximum atomic E-state index is 14.1. The van der Waals surface area contributed by atoms with E-state index >= 15 is 0 Å². The van der Waals surface area contributed by atoms with Gasteiger partial charge < -0.3 is 24.4 Å². The summed E-state index contributed by atoms with van der Waals surface area (Å²) in [4.78, 5) is 44.0. The Labute approximate surface area is 202 Å². The van der Waals surface area contributed by atoms with Crippen LogP contribution in [0.25, 0.3) is 0 Å². The lowest BCUT2D eigenvalue weighted by molar-refractivity contribution is -0.158. The number of hydrogen-bond donors (Lipinski definition) is 1. The van der Waals surface area contributed by atoms with Crippen LogP contribution < -0.4 is 4.90 Å². The standard InChI is InChI=1S/C25H27ClN2O6/c1-24-10-5-2-6-15-33-23(32)19(24)18-21(30)28(13-14-29)20-22(31)27(12-7-11-25(18,20)34-24)17-9-4-3-8-16(17)26/h3-5,7-11,18-20,29H,2,6,12-15H2,1H3/b10-5-/t18-,19+,20?,24-,25-/m0/s1. The number of aliphatic hydroxyl groups excluding tert-OH is 1. The molecule has 1 N–H and O–H groups in total. The van der Waals surface area contributed by atoms with Crippen LogP contribution in [-0.4, -0.2) is 71.3 Å². The number of carbonyl (C=O) groups excluding carboxylic acids is 3. The van der Waals surface area contributed by atoms with Crippen LogP contribution in [0.5, 0.6) is 0 Å². The van der Waals surface area contributed by atoms with Gasteiger partial charge in [-0.05, 0) is 31.9 Å². The molecule has 8 nitrogen and oxygen atoms in total. The first-order valence-corrected chi connectivity index (χ1v) is 11.9. The van der Waals surface area contributed by atoms with E-state index in [1.54, 1.807) is 43.3 Å². The van der Waals surface area contributed by atoms with Gasteiger partial charge in [-0.3, -0.25) is 14.4 Å². The van der Waals surface area contributed by atoms with E-state index in [1.807, 2.05) is 12.2 Å². The van der Waals surface area contributed by atoms with Crippen molar-refractivity contribution in [2.75, 3.05) is 31.2 Å². The first-order valence-electron chi connectivity index (χ1n) is 11.5. The van der Waals surface area contributed by atoms with Crippen LogP contribution in [0.2, 0.25) is 5.02 Å². The summed E-state index contributed by atoms with van der Waals surface area (Å²) >= 11 is 6.41. The van der Waals surface area contributed by atoms with Gasteiger partial charge >= 0.3 is 5.97 Å². The van der Waals surface area contributed by atoms with Gasteiger partial charge in [0.2, 0.25) is 5.91 Å². The summed E-state index contributed by atoms with van der Waals surface area (Å²) in [5, 5.41) is 10.1. The number of rotatable bonds is 3. The Kier molecular flexibility index (Phi) is 5.78. The molecular formula is C25H27ClN2O6. The molecular weight excluding hydrogens is 460 g/mol. The Bertz CT molecular complexity index is 1090. The molecule has 0 aromatic heterocycles. The summed E-state index contributed by atoms with van der Waals surface area (Å²) in [5.41, 5.74) is -2.00. The zero-order valence-electron chi connectivity index (χ0n) is 18.9. The molecule has 0 radical (unpaired) electrons. The second-order valence-corrected chi connectivity index (χ2v) is 9.67. The molecule has 1 aromatic carbocycles. The molecule has 5 atom stereocenters. The van der Waals surface area contributed by atoms with Crippen molar-refractivity contribution in [3.8, 4) is 0 Å². The number of benzene rings is 1. The first kappa shape index (κ1) is 23.1. The normalized spacial score (nSPS) is 36.1. The van der Waals surface area contributed by atoms with E-state index in [1.165, 1.54) is 9.80 Å². The van der Waals surface area contributed by atoms with Gasteiger partial charge in [0, 0.05) is 13.1 Å². The molecule has 4 aliphatic rings. The average Bonchev–Trinajstić information content (AvgIpc) is 3.14. The van der Waals surface area contributed by atoms with Crippen molar-refractivity contribution in [1.29, 1.82) is 0 Å². The van der Waals surface area contributed by atoms with Crippen molar-refractivity contribution in [3.63, 3.8) is 0 Å². The number of cyclic esters (lactones) is 1. The number of halogens is 1. The Balaban J connectivity index is 1.66. The molecule has 2 saturated heterocycles.